The van der Waals surface area contributed by atoms with Crippen LogP contribution in [0.15, 0.2) is 15.7 Å². The van der Waals surface area contributed by atoms with Gasteiger partial charge in [0.15, 0.2) is 0 Å². The number of nitrogen functional groups attached to an aromatic ring is 1. The minimum Gasteiger partial charge on any atom is -0.398 e. The summed E-state index contributed by atoms with van der Waals surface area (Å²) in [4.78, 5) is 0. The first-order valence-electron chi connectivity index (χ1n) is 5.76. The van der Waals surface area contributed by atoms with Gasteiger partial charge in [0.1, 0.15) is 4.21 Å². The Balaban J connectivity index is 2.94. The van der Waals surface area contributed by atoms with Crippen LogP contribution in [0.3, 0.4) is 0 Å². The van der Waals surface area contributed by atoms with E-state index >= 15 is 0 Å². The highest BCUT2D eigenvalue weighted by Crippen LogP contribution is 2.25. The largest absolute Gasteiger partial charge is 0.398 e. The zero-order chi connectivity index (χ0) is 13.1. The third kappa shape index (κ3) is 3.43. The van der Waals surface area contributed by atoms with Crippen molar-refractivity contribution in [1.82, 2.24) is 4.31 Å². The Labute approximate surface area is 107 Å². The first kappa shape index (κ1) is 14.5. The monoisotopic (exact) mass is 276 g/mol. The fraction of sp³-hybridized carbons (Fsp3) is 0.636. The molecule has 1 unspecified atom stereocenters. The van der Waals surface area contributed by atoms with Crippen LogP contribution in [0.25, 0.3) is 0 Å². The molecule has 2 N–H and O–H groups in total. The second kappa shape index (κ2) is 5.84. The number of hydrogen-bond acceptors (Lipinski definition) is 4. The van der Waals surface area contributed by atoms with Crippen molar-refractivity contribution in [2.45, 2.75) is 31.4 Å². The lowest BCUT2D eigenvalue weighted by atomic mass is 10.1. The van der Waals surface area contributed by atoms with E-state index in [1.807, 2.05) is 6.92 Å². The van der Waals surface area contributed by atoms with Gasteiger partial charge in [-0.3, -0.25) is 0 Å². The van der Waals surface area contributed by atoms with Gasteiger partial charge in [-0.1, -0.05) is 27.2 Å². The summed E-state index contributed by atoms with van der Waals surface area (Å²) in [7, 11) is -3.36. The molecule has 0 aliphatic heterocycles. The van der Waals surface area contributed by atoms with E-state index in [-0.39, 0.29) is 0 Å². The van der Waals surface area contributed by atoms with Gasteiger partial charge in [-0.05, 0) is 12.0 Å². The molecule has 98 valence electrons. The molecule has 1 atom stereocenters. The van der Waals surface area contributed by atoms with Crippen LogP contribution in [-0.2, 0) is 10.0 Å². The fourth-order valence-electron chi connectivity index (χ4n) is 1.47. The zero-order valence-corrected chi connectivity index (χ0v) is 12.1. The van der Waals surface area contributed by atoms with Crippen LogP contribution in [0, 0.1) is 5.92 Å². The number of thiophene rings is 1. The molecule has 6 heteroatoms. The SMILES string of the molecule is CCC(C)CN(CC)S(=O)(=O)c1cc(N)cs1. The number of rotatable bonds is 6. The van der Waals surface area contributed by atoms with E-state index in [1.165, 1.54) is 21.7 Å². The van der Waals surface area contributed by atoms with Gasteiger partial charge in [-0.25, -0.2) is 8.42 Å². The maximum Gasteiger partial charge on any atom is 0.252 e. The van der Waals surface area contributed by atoms with Gasteiger partial charge >= 0.3 is 0 Å². The lowest BCUT2D eigenvalue weighted by Gasteiger charge is -2.22. The topological polar surface area (TPSA) is 63.4 Å². The summed E-state index contributed by atoms with van der Waals surface area (Å²) >= 11 is 1.18. The molecule has 1 aromatic heterocycles. The number of sulfonamides is 1. The van der Waals surface area contributed by atoms with Gasteiger partial charge in [0, 0.05) is 24.2 Å². The van der Waals surface area contributed by atoms with Crippen molar-refractivity contribution >= 4 is 27.0 Å². The van der Waals surface area contributed by atoms with E-state index in [0.717, 1.165) is 6.42 Å². The molecular weight excluding hydrogens is 256 g/mol. The quantitative estimate of drug-likeness (QED) is 0.867. The van der Waals surface area contributed by atoms with Crippen molar-refractivity contribution < 1.29 is 8.42 Å². The molecule has 0 aromatic carbocycles. The number of nitrogens with zero attached hydrogens (tertiary/aromatic N) is 1. The smallest absolute Gasteiger partial charge is 0.252 e. The third-order valence-corrected chi connectivity index (χ3v) is 6.13. The summed E-state index contributed by atoms with van der Waals surface area (Å²) in [5, 5.41) is 1.66. The van der Waals surface area contributed by atoms with Crippen LogP contribution < -0.4 is 5.73 Å². The first-order valence-corrected chi connectivity index (χ1v) is 8.07. The van der Waals surface area contributed by atoms with Crippen molar-refractivity contribution in [3.63, 3.8) is 0 Å². The number of nitrogens with two attached hydrogens (primary N) is 1. The molecule has 0 aliphatic rings. The van der Waals surface area contributed by atoms with E-state index in [4.69, 9.17) is 5.73 Å². The predicted molar refractivity (Wildman–Crippen MR) is 72.6 cm³/mol. The molecule has 0 aliphatic carbocycles. The molecule has 0 saturated carbocycles. The predicted octanol–water partition coefficient (Wildman–Crippen LogP) is 2.39. The van der Waals surface area contributed by atoms with Crippen LogP contribution in [0.5, 0.6) is 0 Å². The fourth-order valence-corrected chi connectivity index (χ4v) is 4.27. The average molecular weight is 276 g/mol. The van der Waals surface area contributed by atoms with Crippen LogP contribution in [0.1, 0.15) is 27.2 Å². The van der Waals surface area contributed by atoms with E-state index in [9.17, 15) is 8.42 Å². The minimum absolute atomic E-state index is 0.333. The Morgan fingerprint density at radius 3 is 2.53 bits per heavy atom. The first-order chi connectivity index (χ1) is 7.91. The second-order valence-corrected chi connectivity index (χ2v) is 7.24. The van der Waals surface area contributed by atoms with E-state index < -0.39 is 10.0 Å². The molecule has 0 fully saturated rings. The molecule has 0 radical (unpaired) electrons. The minimum atomic E-state index is -3.36. The van der Waals surface area contributed by atoms with Gasteiger partial charge in [-0.2, -0.15) is 4.31 Å². The summed E-state index contributed by atoms with van der Waals surface area (Å²) in [5.74, 6) is 0.363. The Kier molecular flexibility index (Phi) is 4.97. The van der Waals surface area contributed by atoms with Crippen LogP contribution >= 0.6 is 11.3 Å². The van der Waals surface area contributed by atoms with Gasteiger partial charge in [0.2, 0.25) is 0 Å². The van der Waals surface area contributed by atoms with Crippen molar-refractivity contribution in [3.05, 3.63) is 11.4 Å². The van der Waals surface area contributed by atoms with E-state index in [1.54, 1.807) is 5.38 Å². The normalized spacial score (nSPS) is 14.1. The van der Waals surface area contributed by atoms with Crippen molar-refractivity contribution in [2.24, 2.45) is 5.92 Å². The average Bonchev–Trinajstić information content (AvgIpc) is 2.72. The maximum atomic E-state index is 12.3. The summed E-state index contributed by atoms with van der Waals surface area (Å²) in [6.45, 7) is 7.03. The Hall–Kier alpha value is -0.590. The molecule has 0 spiro atoms. The highest BCUT2D eigenvalue weighted by atomic mass is 32.2. The molecule has 0 bridgehead atoms. The highest BCUT2D eigenvalue weighted by molar-refractivity contribution is 7.91. The Bertz CT molecular complexity index is 454. The van der Waals surface area contributed by atoms with E-state index in [0.29, 0.717) is 28.9 Å². The van der Waals surface area contributed by atoms with Crippen LogP contribution in [-0.4, -0.2) is 25.8 Å². The Morgan fingerprint density at radius 2 is 2.12 bits per heavy atom. The highest BCUT2D eigenvalue weighted by Gasteiger charge is 2.25. The van der Waals surface area contributed by atoms with Crippen molar-refractivity contribution in [2.75, 3.05) is 18.8 Å². The third-order valence-electron chi connectivity index (χ3n) is 2.75. The Morgan fingerprint density at radius 1 is 1.47 bits per heavy atom. The molecule has 17 heavy (non-hydrogen) atoms. The second-order valence-electron chi connectivity index (χ2n) is 4.17. The zero-order valence-electron chi connectivity index (χ0n) is 10.5. The standard InChI is InChI=1S/C11H20N2O2S2/c1-4-9(3)7-13(5-2)17(14,15)11-6-10(12)8-16-11/h6,8-9H,4-5,7,12H2,1-3H3. The summed E-state index contributed by atoms with van der Waals surface area (Å²) in [5.41, 5.74) is 6.08. The van der Waals surface area contributed by atoms with Gasteiger partial charge in [0.05, 0.1) is 0 Å². The molecule has 4 nitrogen and oxygen atoms in total. The molecular formula is C11H20N2O2S2. The van der Waals surface area contributed by atoms with Gasteiger partial charge in [-0.15, -0.1) is 11.3 Å². The summed E-state index contributed by atoms with van der Waals surface area (Å²) < 4.78 is 26.5. The van der Waals surface area contributed by atoms with Crippen molar-refractivity contribution in [1.29, 1.82) is 0 Å². The molecule has 1 rings (SSSR count). The summed E-state index contributed by atoms with van der Waals surface area (Å²) in [6, 6.07) is 1.53. The lowest BCUT2D eigenvalue weighted by Crippen LogP contribution is -2.34. The van der Waals surface area contributed by atoms with Crippen LogP contribution in [0.4, 0.5) is 5.69 Å². The number of hydrogen-bond donors (Lipinski definition) is 1. The molecule has 1 aromatic rings. The van der Waals surface area contributed by atoms with E-state index in [2.05, 4.69) is 13.8 Å². The van der Waals surface area contributed by atoms with Gasteiger partial charge in [0.25, 0.3) is 10.0 Å². The number of anilines is 1. The van der Waals surface area contributed by atoms with Crippen LogP contribution in [0.2, 0.25) is 0 Å². The molecule has 0 saturated heterocycles. The molecule has 0 amide bonds. The van der Waals surface area contributed by atoms with Gasteiger partial charge < -0.3 is 5.73 Å². The lowest BCUT2D eigenvalue weighted by molar-refractivity contribution is 0.362. The molecule has 1 heterocycles. The maximum absolute atomic E-state index is 12.3. The summed E-state index contributed by atoms with van der Waals surface area (Å²) in [6.07, 6.45) is 0.971. The van der Waals surface area contributed by atoms with Crippen molar-refractivity contribution in [3.8, 4) is 0 Å².